The third-order valence-corrected chi connectivity index (χ3v) is 3.86. The predicted octanol–water partition coefficient (Wildman–Crippen LogP) is 3.73. The molecule has 0 saturated carbocycles. The Kier molecular flexibility index (Phi) is 3.82. The normalized spacial score (nSPS) is 12.7. The average molecular weight is 274 g/mol. The van der Waals surface area contributed by atoms with Crippen molar-refractivity contribution in [2.75, 3.05) is 0 Å². The Hall–Kier alpha value is -0.610. The molecule has 1 N–H and O–H groups in total. The zero-order valence-corrected chi connectivity index (χ0v) is 10.6. The molecule has 0 aliphatic rings. The van der Waals surface area contributed by atoms with Gasteiger partial charge in [0.25, 0.3) is 0 Å². The van der Waals surface area contributed by atoms with Crippen LogP contribution in [0.3, 0.4) is 0 Å². The zero-order valence-electron chi connectivity index (χ0n) is 8.23. The minimum absolute atomic E-state index is 0.470. The van der Waals surface area contributed by atoms with Crippen LogP contribution >= 0.6 is 34.5 Å². The van der Waals surface area contributed by atoms with Crippen molar-refractivity contribution in [1.82, 2.24) is 4.98 Å². The molecule has 0 fully saturated rings. The van der Waals surface area contributed by atoms with Gasteiger partial charge in [-0.25, -0.2) is 0 Å². The fourth-order valence-electron chi connectivity index (χ4n) is 1.39. The second-order valence-corrected chi connectivity index (χ2v) is 5.48. The Morgan fingerprint density at radius 2 is 2.12 bits per heavy atom. The number of pyridine rings is 1. The van der Waals surface area contributed by atoms with Gasteiger partial charge in [0, 0.05) is 23.7 Å². The van der Waals surface area contributed by atoms with Crippen LogP contribution < -0.4 is 0 Å². The highest BCUT2D eigenvalue weighted by Gasteiger charge is 2.12. The number of halogens is 2. The highest BCUT2D eigenvalue weighted by atomic mass is 35.5. The van der Waals surface area contributed by atoms with Crippen molar-refractivity contribution >= 4 is 34.5 Å². The second kappa shape index (κ2) is 5.15. The fraction of sp³-hybridized carbons (Fsp3) is 0.182. The van der Waals surface area contributed by atoms with E-state index in [9.17, 15) is 5.11 Å². The number of hydrogen-bond donors (Lipinski definition) is 1. The fourth-order valence-corrected chi connectivity index (χ4v) is 2.63. The first-order valence-corrected chi connectivity index (χ1v) is 6.26. The van der Waals surface area contributed by atoms with Crippen molar-refractivity contribution in [2.45, 2.75) is 12.5 Å². The molecule has 0 saturated heterocycles. The maximum absolute atomic E-state index is 9.98. The van der Waals surface area contributed by atoms with Gasteiger partial charge in [0.15, 0.2) is 0 Å². The largest absolute Gasteiger partial charge is 0.387 e. The molecule has 2 nitrogen and oxygen atoms in total. The predicted molar refractivity (Wildman–Crippen MR) is 67.2 cm³/mol. The van der Waals surface area contributed by atoms with Crippen molar-refractivity contribution < 1.29 is 5.11 Å². The maximum Gasteiger partial charge on any atom is 0.0932 e. The molecule has 0 aliphatic heterocycles. The van der Waals surface area contributed by atoms with E-state index in [0.717, 1.165) is 10.4 Å². The molecule has 84 valence electrons. The second-order valence-electron chi connectivity index (χ2n) is 3.33. The standard InChI is InChI=1S/C11H9Cl2NOS/c12-8-6-14-4-3-7(8)5-9(15)10-1-2-11(13)16-10/h1-4,6,9,15H,5H2. The van der Waals surface area contributed by atoms with E-state index >= 15 is 0 Å². The van der Waals surface area contributed by atoms with Crippen molar-refractivity contribution in [3.63, 3.8) is 0 Å². The molecule has 1 atom stereocenters. The van der Waals surface area contributed by atoms with Gasteiger partial charge in [0.1, 0.15) is 0 Å². The number of nitrogens with zero attached hydrogens (tertiary/aromatic N) is 1. The third-order valence-electron chi connectivity index (χ3n) is 2.19. The van der Waals surface area contributed by atoms with E-state index in [2.05, 4.69) is 4.98 Å². The molecule has 5 heteroatoms. The lowest BCUT2D eigenvalue weighted by Crippen LogP contribution is -2.00. The monoisotopic (exact) mass is 273 g/mol. The lowest BCUT2D eigenvalue weighted by atomic mass is 10.1. The van der Waals surface area contributed by atoms with Crippen molar-refractivity contribution in [3.8, 4) is 0 Å². The minimum Gasteiger partial charge on any atom is -0.387 e. The van der Waals surface area contributed by atoms with Crippen LogP contribution in [0.25, 0.3) is 0 Å². The third kappa shape index (κ3) is 2.74. The lowest BCUT2D eigenvalue weighted by Gasteiger charge is -2.09. The summed E-state index contributed by atoms with van der Waals surface area (Å²) >= 11 is 13.2. The van der Waals surface area contributed by atoms with Crippen molar-refractivity contribution in [3.05, 3.63) is 50.4 Å². The van der Waals surface area contributed by atoms with Crippen LogP contribution in [0.5, 0.6) is 0 Å². The molecular weight excluding hydrogens is 265 g/mol. The molecule has 2 aromatic rings. The van der Waals surface area contributed by atoms with E-state index in [1.807, 2.05) is 6.07 Å². The lowest BCUT2D eigenvalue weighted by molar-refractivity contribution is 0.182. The molecule has 16 heavy (non-hydrogen) atoms. The number of rotatable bonds is 3. The maximum atomic E-state index is 9.98. The smallest absolute Gasteiger partial charge is 0.0932 e. The quantitative estimate of drug-likeness (QED) is 0.925. The summed E-state index contributed by atoms with van der Waals surface area (Å²) in [5.41, 5.74) is 0.883. The molecule has 2 heterocycles. The Labute approximate surface area is 107 Å². The van der Waals surface area contributed by atoms with E-state index in [4.69, 9.17) is 23.2 Å². The number of hydrogen-bond acceptors (Lipinski definition) is 3. The summed E-state index contributed by atoms with van der Waals surface area (Å²) in [6.45, 7) is 0. The molecular formula is C11H9Cl2NOS. The highest BCUT2D eigenvalue weighted by molar-refractivity contribution is 7.16. The molecule has 0 bridgehead atoms. The molecule has 0 spiro atoms. The SMILES string of the molecule is OC(Cc1ccncc1Cl)c1ccc(Cl)s1. The van der Waals surface area contributed by atoms with Crippen LogP contribution in [0.2, 0.25) is 9.36 Å². The average Bonchev–Trinajstić information content (AvgIpc) is 2.68. The van der Waals surface area contributed by atoms with Crippen LogP contribution in [0.4, 0.5) is 0 Å². The summed E-state index contributed by atoms with van der Waals surface area (Å²) in [6, 6.07) is 5.41. The molecule has 0 radical (unpaired) electrons. The van der Waals surface area contributed by atoms with E-state index in [1.165, 1.54) is 11.3 Å². The van der Waals surface area contributed by atoms with Gasteiger partial charge < -0.3 is 5.11 Å². The van der Waals surface area contributed by atoms with Gasteiger partial charge >= 0.3 is 0 Å². The van der Waals surface area contributed by atoms with Gasteiger partial charge in [0.2, 0.25) is 0 Å². The number of thiophene rings is 1. The molecule has 2 aromatic heterocycles. The van der Waals surface area contributed by atoms with E-state index in [-0.39, 0.29) is 0 Å². The first kappa shape index (κ1) is 11.9. The van der Waals surface area contributed by atoms with Crippen LogP contribution in [0.1, 0.15) is 16.5 Å². The summed E-state index contributed by atoms with van der Waals surface area (Å²) in [5.74, 6) is 0. The zero-order chi connectivity index (χ0) is 11.5. The Balaban J connectivity index is 2.13. The number of aliphatic hydroxyl groups is 1. The Morgan fingerprint density at radius 3 is 2.75 bits per heavy atom. The summed E-state index contributed by atoms with van der Waals surface area (Å²) in [6.07, 6.45) is 3.14. The Morgan fingerprint density at radius 1 is 1.31 bits per heavy atom. The molecule has 1 unspecified atom stereocenters. The van der Waals surface area contributed by atoms with Gasteiger partial charge in [-0.05, 0) is 23.8 Å². The first-order valence-electron chi connectivity index (χ1n) is 4.68. The van der Waals surface area contributed by atoms with Crippen LogP contribution in [-0.4, -0.2) is 10.1 Å². The van der Waals surface area contributed by atoms with Crippen molar-refractivity contribution in [1.29, 1.82) is 0 Å². The van der Waals surface area contributed by atoms with Gasteiger partial charge in [-0.3, -0.25) is 4.98 Å². The van der Waals surface area contributed by atoms with Gasteiger partial charge in [-0.1, -0.05) is 23.2 Å². The summed E-state index contributed by atoms with van der Waals surface area (Å²) in [5, 5.41) is 10.6. The van der Waals surface area contributed by atoms with Crippen LogP contribution in [0.15, 0.2) is 30.6 Å². The van der Waals surface area contributed by atoms with Crippen molar-refractivity contribution in [2.24, 2.45) is 0 Å². The number of aromatic nitrogens is 1. The molecule has 0 aromatic carbocycles. The van der Waals surface area contributed by atoms with Crippen LogP contribution in [0, 0.1) is 0 Å². The topological polar surface area (TPSA) is 33.1 Å². The van der Waals surface area contributed by atoms with Crippen LogP contribution in [-0.2, 0) is 6.42 Å². The summed E-state index contributed by atoms with van der Waals surface area (Å²) < 4.78 is 0.676. The van der Waals surface area contributed by atoms with Gasteiger partial charge in [0.05, 0.1) is 15.5 Å². The van der Waals surface area contributed by atoms with E-state index < -0.39 is 6.10 Å². The highest BCUT2D eigenvalue weighted by Crippen LogP contribution is 2.30. The minimum atomic E-state index is -0.572. The van der Waals surface area contributed by atoms with E-state index in [1.54, 1.807) is 24.5 Å². The first-order chi connectivity index (χ1) is 7.66. The van der Waals surface area contributed by atoms with Gasteiger partial charge in [-0.15, -0.1) is 11.3 Å². The summed E-state index contributed by atoms with van der Waals surface area (Å²) in [7, 11) is 0. The number of aliphatic hydroxyl groups excluding tert-OH is 1. The van der Waals surface area contributed by atoms with E-state index in [0.29, 0.717) is 15.8 Å². The summed E-state index contributed by atoms with van der Waals surface area (Å²) in [4.78, 5) is 4.74. The molecule has 0 amide bonds. The van der Waals surface area contributed by atoms with Gasteiger partial charge in [-0.2, -0.15) is 0 Å². The Bertz CT molecular complexity index is 486. The molecule has 2 rings (SSSR count). The molecule has 0 aliphatic carbocycles.